The second kappa shape index (κ2) is 8.33. The number of aliphatic hydroxyl groups excluding tert-OH is 1. The fourth-order valence-corrected chi connectivity index (χ4v) is 3.10. The van der Waals surface area contributed by atoms with Gasteiger partial charge in [-0.3, -0.25) is 4.90 Å². The van der Waals surface area contributed by atoms with Gasteiger partial charge in [0.2, 0.25) is 0 Å². The first kappa shape index (κ1) is 17.0. The molecule has 5 nitrogen and oxygen atoms in total. The summed E-state index contributed by atoms with van der Waals surface area (Å²) in [7, 11) is 0. The summed E-state index contributed by atoms with van der Waals surface area (Å²) in [6.45, 7) is 5.68. The predicted octanol–water partition coefficient (Wildman–Crippen LogP) is 3.00. The van der Waals surface area contributed by atoms with Crippen molar-refractivity contribution in [3.05, 3.63) is 54.0 Å². The molecule has 0 amide bonds. The normalized spacial score (nSPS) is 20.0. The van der Waals surface area contributed by atoms with Crippen molar-refractivity contribution in [3.63, 3.8) is 0 Å². The van der Waals surface area contributed by atoms with Crippen molar-refractivity contribution in [1.82, 2.24) is 4.90 Å². The van der Waals surface area contributed by atoms with E-state index < -0.39 is 6.10 Å². The van der Waals surface area contributed by atoms with Crippen LogP contribution >= 0.6 is 0 Å². The molecule has 1 N–H and O–H groups in total. The standard InChI is InChI=1S/C19H25NO4/c1-2-23-17-6-3-5-15(11-17)13-20-8-10-22-14-16(20)12-18(21)19-7-4-9-24-19/h3-7,9,11,16,18,21H,2,8,10,12-14H2,1H3. The fourth-order valence-electron chi connectivity index (χ4n) is 3.10. The van der Waals surface area contributed by atoms with Crippen LogP contribution in [0.15, 0.2) is 47.1 Å². The molecule has 1 saturated heterocycles. The van der Waals surface area contributed by atoms with Crippen LogP contribution in [0.4, 0.5) is 0 Å². The molecule has 2 atom stereocenters. The van der Waals surface area contributed by atoms with Crippen molar-refractivity contribution in [1.29, 1.82) is 0 Å². The lowest BCUT2D eigenvalue weighted by molar-refractivity contribution is -0.0323. The van der Waals surface area contributed by atoms with Gasteiger partial charge in [-0.2, -0.15) is 0 Å². The van der Waals surface area contributed by atoms with Crippen LogP contribution in [-0.2, 0) is 11.3 Å². The van der Waals surface area contributed by atoms with Gasteiger partial charge in [-0.25, -0.2) is 0 Å². The molecule has 0 radical (unpaired) electrons. The van der Waals surface area contributed by atoms with Crippen LogP contribution in [0.3, 0.4) is 0 Å². The highest BCUT2D eigenvalue weighted by molar-refractivity contribution is 5.28. The number of aliphatic hydroxyl groups is 1. The molecule has 2 aromatic rings. The van der Waals surface area contributed by atoms with Gasteiger partial charge in [-0.05, 0) is 43.2 Å². The third kappa shape index (κ3) is 4.38. The van der Waals surface area contributed by atoms with Crippen LogP contribution < -0.4 is 4.74 Å². The van der Waals surface area contributed by atoms with Crippen LogP contribution in [0, 0.1) is 0 Å². The Morgan fingerprint density at radius 3 is 3.04 bits per heavy atom. The lowest BCUT2D eigenvalue weighted by Gasteiger charge is -2.36. The average Bonchev–Trinajstić information content (AvgIpc) is 3.12. The van der Waals surface area contributed by atoms with E-state index in [1.807, 2.05) is 25.1 Å². The van der Waals surface area contributed by atoms with Gasteiger partial charge in [0.1, 0.15) is 17.6 Å². The number of benzene rings is 1. The summed E-state index contributed by atoms with van der Waals surface area (Å²) in [5.74, 6) is 1.51. The zero-order chi connectivity index (χ0) is 16.8. The highest BCUT2D eigenvalue weighted by Gasteiger charge is 2.27. The second-order valence-electron chi connectivity index (χ2n) is 6.05. The zero-order valence-electron chi connectivity index (χ0n) is 14.1. The Bertz CT molecular complexity index is 614. The topological polar surface area (TPSA) is 55.1 Å². The molecule has 2 heterocycles. The molecule has 0 spiro atoms. The summed E-state index contributed by atoms with van der Waals surface area (Å²) in [5, 5.41) is 10.4. The number of hydrogen-bond acceptors (Lipinski definition) is 5. The minimum Gasteiger partial charge on any atom is -0.494 e. The molecule has 0 aliphatic carbocycles. The highest BCUT2D eigenvalue weighted by Crippen LogP contribution is 2.25. The number of morpholine rings is 1. The van der Waals surface area contributed by atoms with Gasteiger partial charge in [-0.1, -0.05) is 12.1 Å². The summed E-state index contributed by atoms with van der Waals surface area (Å²) in [4.78, 5) is 2.36. The summed E-state index contributed by atoms with van der Waals surface area (Å²) in [6.07, 6.45) is 1.58. The maximum Gasteiger partial charge on any atom is 0.132 e. The van der Waals surface area contributed by atoms with Crippen LogP contribution in [0.1, 0.15) is 30.8 Å². The molecule has 2 unspecified atom stereocenters. The minimum absolute atomic E-state index is 0.162. The Morgan fingerprint density at radius 2 is 2.25 bits per heavy atom. The molecule has 0 bridgehead atoms. The van der Waals surface area contributed by atoms with E-state index in [4.69, 9.17) is 13.9 Å². The molecule has 0 saturated carbocycles. The Kier molecular flexibility index (Phi) is 5.91. The predicted molar refractivity (Wildman–Crippen MR) is 90.9 cm³/mol. The molecular weight excluding hydrogens is 306 g/mol. The number of furan rings is 1. The molecule has 5 heteroatoms. The molecule has 1 aromatic heterocycles. The second-order valence-corrected chi connectivity index (χ2v) is 6.05. The Hall–Kier alpha value is -1.82. The van der Waals surface area contributed by atoms with Gasteiger partial charge in [0.25, 0.3) is 0 Å². The smallest absolute Gasteiger partial charge is 0.132 e. The van der Waals surface area contributed by atoms with E-state index in [-0.39, 0.29) is 6.04 Å². The lowest BCUT2D eigenvalue weighted by atomic mass is 10.0. The first-order valence-corrected chi connectivity index (χ1v) is 8.51. The monoisotopic (exact) mass is 331 g/mol. The van der Waals surface area contributed by atoms with Crippen molar-refractivity contribution in [2.75, 3.05) is 26.4 Å². The van der Waals surface area contributed by atoms with Crippen LogP contribution in [0.5, 0.6) is 5.75 Å². The van der Waals surface area contributed by atoms with Crippen LogP contribution in [-0.4, -0.2) is 42.4 Å². The van der Waals surface area contributed by atoms with Crippen LogP contribution in [0.25, 0.3) is 0 Å². The number of hydrogen-bond donors (Lipinski definition) is 1. The molecule has 24 heavy (non-hydrogen) atoms. The van der Waals surface area contributed by atoms with Crippen molar-refractivity contribution in [2.45, 2.75) is 32.0 Å². The van der Waals surface area contributed by atoms with E-state index in [9.17, 15) is 5.11 Å². The van der Waals surface area contributed by atoms with Gasteiger partial charge in [0, 0.05) is 19.1 Å². The zero-order valence-corrected chi connectivity index (χ0v) is 14.1. The van der Waals surface area contributed by atoms with Gasteiger partial charge in [0.15, 0.2) is 0 Å². The first-order valence-electron chi connectivity index (χ1n) is 8.51. The average molecular weight is 331 g/mol. The third-order valence-electron chi connectivity index (χ3n) is 4.31. The van der Waals surface area contributed by atoms with Gasteiger partial charge < -0.3 is 19.0 Å². The molecule has 3 rings (SSSR count). The summed E-state index contributed by atoms with van der Waals surface area (Å²) in [6, 6.07) is 12.0. The van der Waals surface area contributed by atoms with Crippen LogP contribution in [0.2, 0.25) is 0 Å². The van der Waals surface area contributed by atoms with Crippen molar-refractivity contribution in [2.24, 2.45) is 0 Å². The van der Waals surface area contributed by atoms with Crippen molar-refractivity contribution >= 4 is 0 Å². The maximum atomic E-state index is 10.4. The van der Waals surface area contributed by atoms with Crippen molar-refractivity contribution in [3.8, 4) is 5.75 Å². The SMILES string of the molecule is CCOc1cccc(CN2CCOCC2CC(O)c2ccco2)c1. The van der Waals surface area contributed by atoms with E-state index >= 15 is 0 Å². The summed E-state index contributed by atoms with van der Waals surface area (Å²) >= 11 is 0. The quantitative estimate of drug-likeness (QED) is 0.845. The van der Waals surface area contributed by atoms with Gasteiger partial charge in [-0.15, -0.1) is 0 Å². The largest absolute Gasteiger partial charge is 0.494 e. The van der Waals surface area contributed by atoms with E-state index in [1.54, 1.807) is 12.3 Å². The molecular formula is C19H25NO4. The Balaban J connectivity index is 1.65. The third-order valence-corrected chi connectivity index (χ3v) is 4.31. The lowest BCUT2D eigenvalue weighted by Crippen LogP contribution is -2.45. The molecule has 1 aliphatic rings. The number of ether oxygens (including phenoxy) is 2. The Labute approximate surface area is 142 Å². The van der Waals surface area contributed by atoms with E-state index in [1.165, 1.54) is 5.56 Å². The van der Waals surface area contributed by atoms with Gasteiger partial charge in [0.05, 0.1) is 26.1 Å². The number of rotatable bonds is 7. The first-order chi connectivity index (χ1) is 11.8. The van der Waals surface area contributed by atoms with E-state index in [0.29, 0.717) is 25.4 Å². The fraction of sp³-hybridized carbons (Fsp3) is 0.474. The maximum absolute atomic E-state index is 10.4. The van der Waals surface area contributed by atoms with E-state index in [0.717, 1.165) is 25.4 Å². The number of nitrogens with zero attached hydrogens (tertiary/aromatic N) is 1. The molecule has 1 aliphatic heterocycles. The highest BCUT2D eigenvalue weighted by atomic mass is 16.5. The minimum atomic E-state index is -0.607. The molecule has 1 aromatic carbocycles. The molecule has 130 valence electrons. The summed E-state index contributed by atoms with van der Waals surface area (Å²) < 4.78 is 16.5. The van der Waals surface area contributed by atoms with E-state index in [2.05, 4.69) is 17.0 Å². The molecule has 1 fully saturated rings. The summed E-state index contributed by atoms with van der Waals surface area (Å²) in [5.41, 5.74) is 1.21. The Morgan fingerprint density at radius 1 is 1.33 bits per heavy atom. The van der Waals surface area contributed by atoms with Crippen molar-refractivity contribution < 1.29 is 19.0 Å². The van der Waals surface area contributed by atoms with Gasteiger partial charge >= 0.3 is 0 Å².